The Hall–Kier alpha value is -1.24. The van der Waals surface area contributed by atoms with Crippen LogP contribution in [-0.4, -0.2) is 35.6 Å². The van der Waals surface area contributed by atoms with Gasteiger partial charge in [0.1, 0.15) is 5.15 Å². The normalized spacial score (nSPS) is 17.6. The van der Waals surface area contributed by atoms with Crippen molar-refractivity contribution in [2.24, 2.45) is 0 Å². The van der Waals surface area contributed by atoms with Gasteiger partial charge >= 0.3 is 0 Å². The number of nitrogens with one attached hydrogen (secondary N) is 1. The van der Waals surface area contributed by atoms with Gasteiger partial charge in [-0.15, -0.1) is 6.42 Å². The van der Waals surface area contributed by atoms with E-state index >= 15 is 0 Å². The van der Waals surface area contributed by atoms with Crippen molar-refractivity contribution in [2.45, 2.75) is 18.9 Å². The number of aromatic nitrogens is 1. The Morgan fingerprint density at radius 2 is 2.24 bits per heavy atom. The highest BCUT2D eigenvalue weighted by Gasteiger charge is 2.18. The number of terminal acetylenes is 1. The van der Waals surface area contributed by atoms with E-state index in [0.29, 0.717) is 11.2 Å². The van der Waals surface area contributed by atoms with Crippen molar-refractivity contribution >= 4 is 17.3 Å². The van der Waals surface area contributed by atoms with Crippen LogP contribution in [0.15, 0.2) is 18.3 Å². The molecular formula is C13H16ClN3. The van der Waals surface area contributed by atoms with Gasteiger partial charge < -0.3 is 5.32 Å². The summed E-state index contributed by atoms with van der Waals surface area (Å²) in [5.74, 6) is 2.69. The second-order valence-corrected chi connectivity index (χ2v) is 4.66. The number of rotatable bonds is 3. The molecule has 1 saturated heterocycles. The van der Waals surface area contributed by atoms with Crippen LogP contribution in [0.3, 0.4) is 0 Å². The van der Waals surface area contributed by atoms with E-state index in [-0.39, 0.29) is 0 Å². The fourth-order valence-electron chi connectivity index (χ4n) is 2.06. The predicted octanol–water partition coefficient (Wildman–Crippen LogP) is 2.24. The van der Waals surface area contributed by atoms with Crippen LogP contribution in [0.1, 0.15) is 12.8 Å². The Morgan fingerprint density at radius 3 is 2.82 bits per heavy atom. The van der Waals surface area contributed by atoms with Crippen molar-refractivity contribution in [1.29, 1.82) is 0 Å². The Morgan fingerprint density at radius 1 is 1.47 bits per heavy atom. The van der Waals surface area contributed by atoms with Gasteiger partial charge in [-0.2, -0.15) is 0 Å². The third kappa shape index (κ3) is 3.62. The quantitative estimate of drug-likeness (QED) is 0.658. The third-order valence-electron chi connectivity index (χ3n) is 3.00. The molecule has 3 nitrogen and oxygen atoms in total. The molecule has 1 aliphatic rings. The number of hydrogen-bond donors (Lipinski definition) is 1. The molecule has 0 bridgehead atoms. The molecule has 4 heteroatoms. The summed E-state index contributed by atoms with van der Waals surface area (Å²) >= 11 is 5.74. The van der Waals surface area contributed by atoms with Crippen LogP contribution in [-0.2, 0) is 0 Å². The first-order valence-electron chi connectivity index (χ1n) is 5.82. The Bertz CT molecular complexity index is 388. The topological polar surface area (TPSA) is 28.2 Å². The molecule has 1 N–H and O–H groups in total. The maximum atomic E-state index is 5.74. The van der Waals surface area contributed by atoms with E-state index < -0.39 is 0 Å². The Kier molecular flexibility index (Phi) is 4.24. The molecule has 2 rings (SSSR count). The summed E-state index contributed by atoms with van der Waals surface area (Å²) in [5.41, 5.74) is 1.03. The second kappa shape index (κ2) is 5.90. The molecule has 1 aromatic rings. The minimum atomic E-state index is 0.506. The molecule has 90 valence electrons. The van der Waals surface area contributed by atoms with Gasteiger partial charge in [-0.05, 0) is 25.0 Å². The first kappa shape index (κ1) is 12.2. The highest BCUT2D eigenvalue weighted by molar-refractivity contribution is 6.29. The zero-order chi connectivity index (χ0) is 12.1. The lowest BCUT2D eigenvalue weighted by Gasteiger charge is -2.31. The summed E-state index contributed by atoms with van der Waals surface area (Å²) in [6.07, 6.45) is 9.31. The second-order valence-electron chi connectivity index (χ2n) is 4.27. The van der Waals surface area contributed by atoms with Gasteiger partial charge in [0.15, 0.2) is 0 Å². The van der Waals surface area contributed by atoms with Crippen molar-refractivity contribution in [3.63, 3.8) is 0 Å². The lowest BCUT2D eigenvalue weighted by molar-refractivity contribution is 0.243. The van der Waals surface area contributed by atoms with Gasteiger partial charge in [-0.1, -0.05) is 17.5 Å². The fraction of sp³-hybridized carbons (Fsp3) is 0.462. The first-order valence-corrected chi connectivity index (χ1v) is 6.19. The zero-order valence-electron chi connectivity index (χ0n) is 9.69. The van der Waals surface area contributed by atoms with Crippen LogP contribution in [0.4, 0.5) is 5.69 Å². The SMILES string of the molecule is C#CCN1CCC(Nc2ccc(Cl)nc2)CC1. The van der Waals surface area contributed by atoms with Gasteiger partial charge in [0, 0.05) is 19.1 Å². The number of hydrogen-bond acceptors (Lipinski definition) is 3. The molecule has 0 saturated carbocycles. The largest absolute Gasteiger partial charge is 0.381 e. The molecule has 0 spiro atoms. The smallest absolute Gasteiger partial charge is 0.129 e. The van der Waals surface area contributed by atoms with E-state index in [9.17, 15) is 0 Å². The molecule has 1 aliphatic heterocycles. The molecule has 17 heavy (non-hydrogen) atoms. The van der Waals surface area contributed by atoms with Crippen LogP contribution in [0.5, 0.6) is 0 Å². The van der Waals surface area contributed by atoms with Crippen molar-refractivity contribution in [2.75, 3.05) is 25.0 Å². The summed E-state index contributed by atoms with van der Waals surface area (Å²) in [6.45, 7) is 2.88. The highest BCUT2D eigenvalue weighted by atomic mass is 35.5. The highest BCUT2D eigenvalue weighted by Crippen LogP contribution is 2.16. The summed E-state index contributed by atoms with van der Waals surface area (Å²) in [7, 11) is 0. The predicted molar refractivity (Wildman–Crippen MR) is 71.2 cm³/mol. The average Bonchev–Trinajstić information content (AvgIpc) is 2.35. The van der Waals surface area contributed by atoms with E-state index in [0.717, 1.165) is 38.2 Å². The maximum Gasteiger partial charge on any atom is 0.129 e. The molecule has 0 aromatic carbocycles. The molecule has 0 amide bonds. The van der Waals surface area contributed by atoms with Gasteiger partial charge in [0.2, 0.25) is 0 Å². The van der Waals surface area contributed by atoms with E-state index in [1.54, 1.807) is 12.3 Å². The van der Waals surface area contributed by atoms with E-state index in [1.807, 2.05) is 6.07 Å². The molecule has 2 heterocycles. The summed E-state index contributed by atoms with van der Waals surface area (Å²) in [6, 6.07) is 4.27. The van der Waals surface area contributed by atoms with Crippen molar-refractivity contribution in [1.82, 2.24) is 9.88 Å². The molecule has 1 aromatic heterocycles. The van der Waals surface area contributed by atoms with Crippen molar-refractivity contribution in [3.8, 4) is 12.3 Å². The van der Waals surface area contributed by atoms with Crippen LogP contribution in [0, 0.1) is 12.3 Å². The van der Waals surface area contributed by atoms with Gasteiger partial charge in [-0.25, -0.2) is 4.98 Å². The Balaban J connectivity index is 1.82. The molecule has 0 unspecified atom stereocenters. The van der Waals surface area contributed by atoms with Crippen LogP contribution >= 0.6 is 11.6 Å². The summed E-state index contributed by atoms with van der Waals surface area (Å²) in [5, 5.41) is 4.00. The standard InChI is InChI=1S/C13H16ClN3/c1-2-7-17-8-5-11(6-9-17)16-12-3-4-13(14)15-10-12/h1,3-4,10-11,16H,5-9H2. The number of piperidine rings is 1. The van der Waals surface area contributed by atoms with Crippen LogP contribution in [0.25, 0.3) is 0 Å². The minimum Gasteiger partial charge on any atom is -0.381 e. The monoisotopic (exact) mass is 249 g/mol. The van der Waals surface area contributed by atoms with Crippen LogP contribution in [0.2, 0.25) is 5.15 Å². The van der Waals surface area contributed by atoms with E-state index in [4.69, 9.17) is 18.0 Å². The number of pyridine rings is 1. The van der Waals surface area contributed by atoms with E-state index in [1.165, 1.54) is 0 Å². The maximum absolute atomic E-state index is 5.74. The molecule has 0 atom stereocenters. The lowest BCUT2D eigenvalue weighted by atomic mass is 10.0. The lowest BCUT2D eigenvalue weighted by Crippen LogP contribution is -2.39. The molecular weight excluding hydrogens is 234 g/mol. The summed E-state index contributed by atoms with van der Waals surface area (Å²) < 4.78 is 0. The molecule has 1 fully saturated rings. The third-order valence-corrected chi connectivity index (χ3v) is 3.22. The number of likely N-dealkylation sites (tertiary alicyclic amines) is 1. The van der Waals surface area contributed by atoms with Gasteiger partial charge in [-0.3, -0.25) is 4.90 Å². The van der Waals surface area contributed by atoms with Gasteiger partial charge in [0.05, 0.1) is 18.4 Å². The fourth-order valence-corrected chi connectivity index (χ4v) is 2.17. The van der Waals surface area contributed by atoms with E-state index in [2.05, 4.69) is 21.1 Å². The zero-order valence-corrected chi connectivity index (χ0v) is 10.5. The number of nitrogens with zero attached hydrogens (tertiary/aromatic N) is 2. The average molecular weight is 250 g/mol. The van der Waals surface area contributed by atoms with Crippen LogP contribution < -0.4 is 5.32 Å². The first-order chi connectivity index (χ1) is 8.28. The van der Waals surface area contributed by atoms with Crippen molar-refractivity contribution < 1.29 is 0 Å². The number of halogens is 1. The minimum absolute atomic E-state index is 0.506. The summed E-state index contributed by atoms with van der Waals surface area (Å²) in [4.78, 5) is 6.36. The Labute approximate surface area is 107 Å². The van der Waals surface area contributed by atoms with Crippen molar-refractivity contribution in [3.05, 3.63) is 23.5 Å². The number of anilines is 1. The van der Waals surface area contributed by atoms with Gasteiger partial charge in [0.25, 0.3) is 0 Å². The molecule has 0 aliphatic carbocycles. The molecule has 0 radical (unpaired) electrons.